The van der Waals surface area contributed by atoms with Gasteiger partial charge in [-0.05, 0) is 12.1 Å². The van der Waals surface area contributed by atoms with Crippen LogP contribution in [0.5, 0.6) is 0 Å². The molecule has 0 radical (unpaired) electrons. The molecule has 2 aliphatic rings. The molecule has 0 saturated carbocycles. The van der Waals surface area contributed by atoms with E-state index in [9.17, 15) is 19.8 Å². The average Bonchev–Trinajstić information content (AvgIpc) is 3.39. The monoisotopic (exact) mass is 446 g/mol. The standard InChI is InChI=1S/C20H26N6O6/c21-18(30)19-22-12-26(23-19)20-17(29)16(28)14(32-20)11-31-15(27)10-24-6-8-25(9-7-24)13-4-2-1-3-5-13/h1-5,12,14,16-17,20,28-29H,6-11H2,(H2,21,30)/t14-,16-,17?,20-/m1/s1. The summed E-state index contributed by atoms with van der Waals surface area (Å²) in [7, 11) is 0. The molecular weight excluding hydrogens is 420 g/mol. The molecule has 4 rings (SSSR count). The summed E-state index contributed by atoms with van der Waals surface area (Å²) in [4.78, 5) is 31.4. The Kier molecular flexibility index (Phi) is 6.65. The number of hydrogen-bond donors (Lipinski definition) is 3. The van der Waals surface area contributed by atoms with Gasteiger partial charge in [-0.1, -0.05) is 18.2 Å². The van der Waals surface area contributed by atoms with Crippen LogP contribution in [0.2, 0.25) is 0 Å². The Hall–Kier alpha value is -3.06. The molecule has 2 saturated heterocycles. The van der Waals surface area contributed by atoms with Gasteiger partial charge in [-0.2, -0.15) is 0 Å². The lowest BCUT2D eigenvalue weighted by Crippen LogP contribution is -2.48. The van der Waals surface area contributed by atoms with Crippen LogP contribution in [0.3, 0.4) is 0 Å². The van der Waals surface area contributed by atoms with Crippen LogP contribution in [0.15, 0.2) is 36.7 Å². The molecule has 4 N–H and O–H groups in total. The molecule has 32 heavy (non-hydrogen) atoms. The van der Waals surface area contributed by atoms with E-state index >= 15 is 0 Å². The summed E-state index contributed by atoms with van der Waals surface area (Å²) < 4.78 is 12.0. The van der Waals surface area contributed by atoms with E-state index in [1.807, 2.05) is 23.1 Å². The number of piperazine rings is 1. The molecule has 0 bridgehead atoms. The van der Waals surface area contributed by atoms with Gasteiger partial charge in [0.25, 0.3) is 5.91 Å². The molecule has 1 aromatic heterocycles. The number of carbonyl (C=O) groups excluding carboxylic acids is 2. The second-order valence-electron chi connectivity index (χ2n) is 7.74. The second kappa shape index (κ2) is 9.61. The zero-order valence-corrected chi connectivity index (χ0v) is 17.4. The molecule has 1 aromatic carbocycles. The summed E-state index contributed by atoms with van der Waals surface area (Å²) in [5.41, 5.74) is 6.27. The van der Waals surface area contributed by atoms with Gasteiger partial charge in [0, 0.05) is 31.9 Å². The van der Waals surface area contributed by atoms with E-state index in [1.54, 1.807) is 0 Å². The molecule has 12 nitrogen and oxygen atoms in total. The van der Waals surface area contributed by atoms with Crippen molar-refractivity contribution in [3.63, 3.8) is 0 Å². The molecule has 2 aromatic rings. The highest BCUT2D eigenvalue weighted by molar-refractivity contribution is 5.88. The number of aromatic nitrogens is 3. The van der Waals surface area contributed by atoms with Crippen molar-refractivity contribution in [1.29, 1.82) is 0 Å². The van der Waals surface area contributed by atoms with E-state index in [4.69, 9.17) is 15.2 Å². The molecule has 12 heteroatoms. The maximum Gasteiger partial charge on any atom is 0.320 e. The van der Waals surface area contributed by atoms with E-state index in [0.29, 0.717) is 0 Å². The Labute approximate surface area is 184 Å². The Morgan fingerprint density at radius 1 is 1.12 bits per heavy atom. The van der Waals surface area contributed by atoms with Crippen molar-refractivity contribution >= 4 is 17.6 Å². The molecule has 0 spiro atoms. The van der Waals surface area contributed by atoms with Gasteiger partial charge in [0.15, 0.2) is 6.23 Å². The number of primary amides is 1. The van der Waals surface area contributed by atoms with Crippen molar-refractivity contribution in [3.05, 3.63) is 42.5 Å². The van der Waals surface area contributed by atoms with Crippen molar-refractivity contribution in [3.8, 4) is 0 Å². The summed E-state index contributed by atoms with van der Waals surface area (Å²) in [5, 5.41) is 24.3. The van der Waals surface area contributed by atoms with E-state index in [2.05, 4.69) is 27.1 Å². The molecule has 2 fully saturated rings. The summed E-state index contributed by atoms with van der Waals surface area (Å²) in [5.74, 6) is -1.51. The van der Waals surface area contributed by atoms with Crippen molar-refractivity contribution in [2.75, 3.05) is 44.2 Å². The van der Waals surface area contributed by atoms with Crippen LogP contribution in [-0.2, 0) is 14.3 Å². The van der Waals surface area contributed by atoms with Gasteiger partial charge in [-0.25, -0.2) is 9.67 Å². The number of rotatable bonds is 7. The second-order valence-corrected chi connectivity index (χ2v) is 7.74. The zero-order valence-electron chi connectivity index (χ0n) is 17.4. The van der Waals surface area contributed by atoms with Crippen LogP contribution in [0.1, 0.15) is 16.8 Å². The fourth-order valence-electron chi connectivity index (χ4n) is 3.80. The van der Waals surface area contributed by atoms with Crippen molar-refractivity contribution in [2.45, 2.75) is 24.5 Å². The molecular formula is C20H26N6O6. The van der Waals surface area contributed by atoms with Crippen LogP contribution in [0.25, 0.3) is 0 Å². The molecule has 0 aliphatic carbocycles. The Morgan fingerprint density at radius 3 is 2.50 bits per heavy atom. The van der Waals surface area contributed by atoms with Crippen molar-refractivity contribution in [2.24, 2.45) is 5.73 Å². The van der Waals surface area contributed by atoms with Gasteiger partial charge >= 0.3 is 5.97 Å². The number of nitrogens with two attached hydrogens (primary N) is 1. The minimum Gasteiger partial charge on any atom is -0.462 e. The van der Waals surface area contributed by atoms with E-state index in [1.165, 1.54) is 6.33 Å². The fraction of sp³-hybridized carbons (Fsp3) is 0.500. The lowest BCUT2D eigenvalue weighted by Gasteiger charge is -2.35. The third-order valence-electron chi connectivity index (χ3n) is 5.58. The SMILES string of the molecule is NC(=O)c1ncn([C@@H]2O[C@H](COC(=O)CN3CCN(c4ccccc4)CC3)[C@@H](O)C2O)n1. The number of nitrogens with zero attached hydrogens (tertiary/aromatic N) is 5. The molecule has 172 valence electrons. The lowest BCUT2D eigenvalue weighted by molar-refractivity contribution is -0.151. The number of aliphatic hydroxyl groups excluding tert-OH is 2. The Morgan fingerprint density at radius 2 is 1.84 bits per heavy atom. The first kappa shape index (κ1) is 22.1. The number of esters is 1. The van der Waals surface area contributed by atoms with E-state index in [0.717, 1.165) is 36.5 Å². The van der Waals surface area contributed by atoms with Crippen LogP contribution in [0.4, 0.5) is 5.69 Å². The minimum absolute atomic E-state index is 0.127. The number of anilines is 1. The average molecular weight is 446 g/mol. The Balaban J connectivity index is 1.23. The summed E-state index contributed by atoms with van der Waals surface area (Å²) in [6, 6.07) is 10.1. The summed E-state index contributed by atoms with van der Waals surface area (Å²) >= 11 is 0. The summed E-state index contributed by atoms with van der Waals surface area (Å²) in [6.07, 6.45) is -3.50. The molecule has 2 aliphatic heterocycles. The molecule has 1 amide bonds. The predicted molar refractivity (Wildman–Crippen MR) is 111 cm³/mol. The van der Waals surface area contributed by atoms with Gasteiger partial charge in [0.2, 0.25) is 5.82 Å². The van der Waals surface area contributed by atoms with Gasteiger partial charge in [0.1, 0.15) is 31.2 Å². The molecule has 3 heterocycles. The number of benzene rings is 1. The highest BCUT2D eigenvalue weighted by atomic mass is 16.6. The highest BCUT2D eigenvalue weighted by Crippen LogP contribution is 2.29. The normalized spacial score (nSPS) is 26.2. The topological polar surface area (TPSA) is 156 Å². The highest BCUT2D eigenvalue weighted by Gasteiger charge is 2.45. The maximum atomic E-state index is 12.3. The smallest absolute Gasteiger partial charge is 0.320 e. The number of amides is 1. The van der Waals surface area contributed by atoms with Crippen LogP contribution in [-0.4, -0.2) is 99.4 Å². The first-order valence-corrected chi connectivity index (χ1v) is 10.3. The van der Waals surface area contributed by atoms with Crippen LogP contribution >= 0.6 is 0 Å². The van der Waals surface area contributed by atoms with Crippen molar-refractivity contribution in [1.82, 2.24) is 19.7 Å². The van der Waals surface area contributed by atoms with E-state index < -0.39 is 36.4 Å². The third kappa shape index (κ3) is 4.88. The number of para-hydroxylation sites is 1. The number of ether oxygens (including phenoxy) is 2. The fourth-order valence-corrected chi connectivity index (χ4v) is 3.80. The number of hydrogen-bond acceptors (Lipinski definition) is 10. The largest absolute Gasteiger partial charge is 0.462 e. The first-order valence-electron chi connectivity index (χ1n) is 10.3. The first-order chi connectivity index (χ1) is 15.4. The van der Waals surface area contributed by atoms with Gasteiger partial charge in [-0.15, -0.1) is 5.10 Å². The van der Waals surface area contributed by atoms with Gasteiger partial charge in [-0.3, -0.25) is 14.5 Å². The Bertz CT molecular complexity index is 932. The van der Waals surface area contributed by atoms with Crippen molar-refractivity contribution < 1.29 is 29.3 Å². The number of carbonyl (C=O) groups is 2. The summed E-state index contributed by atoms with van der Waals surface area (Å²) in [6.45, 7) is 2.96. The molecule has 1 unspecified atom stereocenters. The van der Waals surface area contributed by atoms with Crippen LogP contribution in [0, 0.1) is 0 Å². The molecule has 4 atom stereocenters. The number of aliphatic hydroxyl groups is 2. The minimum atomic E-state index is -1.34. The van der Waals surface area contributed by atoms with Gasteiger partial charge in [0.05, 0.1) is 6.54 Å². The van der Waals surface area contributed by atoms with E-state index in [-0.39, 0.29) is 19.0 Å². The quantitative estimate of drug-likeness (QED) is 0.422. The zero-order chi connectivity index (χ0) is 22.7. The van der Waals surface area contributed by atoms with Gasteiger partial charge < -0.3 is 30.3 Å². The van der Waals surface area contributed by atoms with Crippen LogP contribution < -0.4 is 10.6 Å². The lowest BCUT2D eigenvalue weighted by atomic mass is 10.1. The maximum absolute atomic E-state index is 12.3. The third-order valence-corrected chi connectivity index (χ3v) is 5.58. The predicted octanol–water partition coefficient (Wildman–Crippen LogP) is -1.64.